The van der Waals surface area contributed by atoms with Gasteiger partial charge in [0.2, 0.25) is 0 Å². The predicted octanol–water partition coefficient (Wildman–Crippen LogP) is 3.62. The summed E-state index contributed by atoms with van der Waals surface area (Å²) in [6.07, 6.45) is 3.83. The van der Waals surface area contributed by atoms with Crippen LogP contribution in [0.4, 0.5) is 25.1 Å². The van der Waals surface area contributed by atoms with Gasteiger partial charge in [0.15, 0.2) is 0 Å². The van der Waals surface area contributed by atoms with E-state index in [1.807, 2.05) is 11.0 Å². The molecular formula is C24H20F2N6O4S. The molecule has 1 fully saturated rings. The Balaban J connectivity index is 1.45. The quantitative estimate of drug-likeness (QED) is 0.347. The molecule has 1 saturated heterocycles. The minimum absolute atomic E-state index is 0.0907. The Hall–Kier alpha value is -4.39. The first-order valence-corrected chi connectivity index (χ1v) is 12.6. The van der Waals surface area contributed by atoms with E-state index >= 15 is 0 Å². The number of carboxylic acid groups (broad SMARTS) is 1. The van der Waals surface area contributed by atoms with Crippen molar-refractivity contribution in [3.8, 4) is 11.1 Å². The van der Waals surface area contributed by atoms with Gasteiger partial charge in [0.05, 0.1) is 23.4 Å². The van der Waals surface area contributed by atoms with Crippen LogP contribution in [-0.2, 0) is 10.0 Å². The third kappa shape index (κ3) is 5.11. The normalized spacial score (nSPS) is 15.6. The van der Waals surface area contributed by atoms with E-state index in [0.29, 0.717) is 48.0 Å². The van der Waals surface area contributed by atoms with Crippen molar-refractivity contribution in [3.05, 3.63) is 72.8 Å². The van der Waals surface area contributed by atoms with Crippen LogP contribution in [0.15, 0.2) is 66.1 Å². The lowest BCUT2D eigenvalue weighted by Crippen LogP contribution is -2.36. The number of amides is 1. The lowest BCUT2D eigenvalue weighted by atomic mass is 10.0. The maximum absolute atomic E-state index is 14.1. The van der Waals surface area contributed by atoms with Gasteiger partial charge in [0, 0.05) is 36.3 Å². The number of hydrogen-bond acceptors (Lipinski definition) is 7. The predicted molar refractivity (Wildman–Crippen MR) is 132 cm³/mol. The molecule has 37 heavy (non-hydrogen) atoms. The number of hydrogen-bond donors (Lipinski definition) is 3. The summed E-state index contributed by atoms with van der Waals surface area (Å²) in [4.78, 5) is 25.1. The van der Waals surface area contributed by atoms with E-state index in [0.717, 1.165) is 17.5 Å². The molecule has 3 heterocycles. The van der Waals surface area contributed by atoms with Crippen LogP contribution in [0.5, 0.6) is 0 Å². The number of benzene rings is 2. The number of nitrogens with zero attached hydrogens (tertiary/aromatic N) is 4. The summed E-state index contributed by atoms with van der Waals surface area (Å²) in [5, 5.41) is 12.2. The molecule has 1 aliphatic rings. The van der Waals surface area contributed by atoms with Gasteiger partial charge >= 0.3 is 6.09 Å². The molecule has 13 heteroatoms. The number of nitrogens with one attached hydrogen (secondary N) is 2. The van der Waals surface area contributed by atoms with Gasteiger partial charge in [0.25, 0.3) is 10.0 Å². The molecule has 0 spiro atoms. The Bertz CT molecular complexity index is 1620. The molecule has 0 saturated carbocycles. The second-order valence-electron chi connectivity index (χ2n) is 8.45. The minimum Gasteiger partial charge on any atom is -0.465 e. The highest BCUT2D eigenvalue weighted by molar-refractivity contribution is 7.92. The van der Waals surface area contributed by atoms with Gasteiger partial charge in [-0.1, -0.05) is 6.07 Å². The van der Waals surface area contributed by atoms with Crippen molar-refractivity contribution in [2.45, 2.75) is 17.4 Å². The van der Waals surface area contributed by atoms with Gasteiger partial charge in [-0.25, -0.2) is 32.0 Å². The first kappa shape index (κ1) is 24.3. The topological polar surface area (TPSA) is 137 Å². The second kappa shape index (κ2) is 9.58. The van der Waals surface area contributed by atoms with Crippen LogP contribution in [0.25, 0.3) is 22.0 Å². The highest BCUT2D eigenvalue weighted by atomic mass is 32.2. The summed E-state index contributed by atoms with van der Waals surface area (Å²) in [7, 11) is -4.33. The van der Waals surface area contributed by atoms with Crippen molar-refractivity contribution in [2.75, 3.05) is 22.7 Å². The van der Waals surface area contributed by atoms with E-state index in [2.05, 4.69) is 25.0 Å². The van der Waals surface area contributed by atoms with Crippen LogP contribution in [0.1, 0.15) is 6.42 Å². The molecule has 4 aromatic rings. The van der Waals surface area contributed by atoms with Crippen LogP contribution in [0.2, 0.25) is 0 Å². The molecule has 1 amide bonds. The number of fused-ring (bicyclic) bond motifs is 1. The standard InChI is InChI=1S/C24H20F2N6O4S/c25-16-2-4-22(20(26)9-16)37(35,36)31-18-7-15(10-27-11-18)14-1-3-21-19(8-14)23(29-13-28-21)32-6-5-17(12-32)30-24(33)34/h1-4,7-11,13,17,30-31H,5-6,12H2,(H,33,34)/t17-/m1/s1. The van der Waals surface area contributed by atoms with E-state index in [1.165, 1.54) is 12.5 Å². The zero-order chi connectivity index (χ0) is 26.2. The van der Waals surface area contributed by atoms with Crippen LogP contribution < -0.4 is 14.9 Å². The molecule has 5 rings (SSSR count). The molecule has 0 unspecified atom stereocenters. The fraction of sp³-hybridized carbons (Fsp3) is 0.167. The summed E-state index contributed by atoms with van der Waals surface area (Å²) in [6, 6.07) is 8.97. The lowest BCUT2D eigenvalue weighted by Gasteiger charge is -2.19. The van der Waals surface area contributed by atoms with Crippen molar-refractivity contribution in [1.29, 1.82) is 0 Å². The van der Waals surface area contributed by atoms with Crippen LogP contribution in [0.3, 0.4) is 0 Å². The van der Waals surface area contributed by atoms with Crippen molar-refractivity contribution >= 4 is 38.5 Å². The average Bonchev–Trinajstić information content (AvgIpc) is 3.30. The zero-order valence-corrected chi connectivity index (χ0v) is 19.9. The van der Waals surface area contributed by atoms with Crippen LogP contribution >= 0.6 is 0 Å². The average molecular weight is 527 g/mol. The maximum Gasteiger partial charge on any atom is 0.404 e. The third-order valence-corrected chi connectivity index (χ3v) is 7.35. The fourth-order valence-corrected chi connectivity index (χ4v) is 5.37. The fourth-order valence-electron chi connectivity index (χ4n) is 4.28. The monoisotopic (exact) mass is 526 g/mol. The third-order valence-electron chi connectivity index (χ3n) is 5.94. The van der Waals surface area contributed by atoms with E-state index in [1.54, 1.807) is 24.4 Å². The van der Waals surface area contributed by atoms with Gasteiger partial charge < -0.3 is 15.3 Å². The Morgan fingerprint density at radius 2 is 1.89 bits per heavy atom. The molecule has 3 N–H and O–H groups in total. The lowest BCUT2D eigenvalue weighted by molar-refractivity contribution is 0.191. The van der Waals surface area contributed by atoms with Crippen molar-refractivity contribution < 1.29 is 27.1 Å². The van der Waals surface area contributed by atoms with E-state index < -0.39 is 32.6 Å². The number of rotatable bonds is 6. The zero-order valence-electron chi connectivity index (χ0n) is 19.1. The first-order chi connectivity index (χ1) is 17.7. The second-order valence-corrected chi connectivity index (χ2v) is 10.1. The summed E-state index contributed by atoms with van der Waals surface area (Å²) in [5.74, 6) is -1.44. The largest absolute Gasteiger partial charge is 0.465 e. The molecule has 0 bridgehead atoms. The highest BCUT2D eigenvalue weighted by Gasteiger charge is 2.26. The number of sulfonamides is 1. The van der Waals surface area contributed by atoms with Crippen LogP contribution in [-0.4, -0.2) is 53.7 Å². The van der Waals surface area contributed by atoms with Crippen molar-refractivity contribution in [3.63, 3.8) is 0 Å². The number of anilines is 2. The van der Waals surface area contributed by atoms with Gasteiger partial charge in [-0.2, -0.15) is 0 Å². The SMILES string of the molecule is O=C(O)N[C@@H]1CCN(c2ncnc3ccc(-c4cncc(NS(=O)(=O)c5ccc(F)cc5F)c4)cc23)C1. The van der Waals surface area contributed by atoms with Gasteiger partial charge in [-0.3, -0.25) is 9.71 Å². The van der Waals surface area contributed by atoms with Crippen molar-refractivity contribution in [1.82, 2.24) is 20.3 Å². The summed E-state index contributed by atoms with van der Waals surface area (Å²) < 4.78 is 54.9. The van der Waals surface area contributed by atoms with Crippen molar-refractivity contribution in [2.24, 2.45) is 0 Å². The van der Waals surface area contributed by atoms with Gasteiger partial charge in [-0.05, 0) is 42.3 Å². The molecule has 0 aliphatic carbocycles. The Kier molecular flexibility index (Phi) is 6.29. The van der Waals surface area contributed by atoms with E-state index in [4.69, 9.17) is 5.11 Å². The number of carbonyl (C=O) groups is 1. The summed E-state index contributed by atoms with van der Waals surface area (Å²) in [5.41, 5.74) is 2.04. The van der Waals surface area contributed by atoms with E-state index in [9.17, 15) is 22.0 Å². The molecule has 190 valence electrons. The Labute approximate surface area is 210 Å². The Morgan fingerprint density at radius 1 is 1.05 bits per heavy atom. The maximum atomic E-state index is 14.1. The summed E-state index contributed by atoms with van der Waals surface area (Å²) in [6.45, 7) is 1.07. The number of halogens is 2. The van der Waals surface area contributed by atoms with Crippen LogP contribution in [0, 0.1) is 11.6 Å². The minimum atomic E-state index is -4.33. The molecular weight excluding hydrogens is 506 g/mol. The molecule has 1 aliphatic heterocycles. The molecule has 2 aromatic heterocycles. The molecule has 2 aromatic carbocycles. The summed E-state index contributed by atoms with van der Waals surface area (Å²) >= 11 is 0. The highest BCUT2D eigenvalue weighted by Crippen LogP contribution is 2.31. The van der Waals surface area contributed by atoms with Gasteiger partial charge in [-0.15, -0.1) is 0 Å². The van der Waals surface area contributed by atoms with E-state index in [-0.39, 0.29) is 11.7 Å². The molecule has 1 atom stereocenters. The molecule has 0 radical (unpaired) electrons. The van der Waals surface area contributed by atoms with Gasteiger partial charge in [0.1, 0.15) is 28.7 Å². The number of pyridine rings is 1. The Morgan fingerprint density at radius 3 is 2.68 bits per heavy atom. The first-order valence-electron chi connectivity index (χ1n) is 11.1. The smallest absolute Gasteiger partial charge is 0.404 e. The molecule has 10 nitrogen and oxygen atoms in total. The number of aromatic nitrogens is 3.